The summed E-state index contributed by atoms with van der Waals surface area (Å²) in [6.07, 6.45) is 8.60. The van der Waals surface area contributed by atoms with Gasteiger partial charge in [0, 0.05) is 18.5 Å². The Hall–Kier alpha value is -1.55. The molecule has 0 spiro atoms. The first-order valence-electron chi connectivity index (χ1n) is 10.4. The van der Waals surface area contributed by atoms with E-state index in [-0.39, 0.29) is 11.9 Å². The summed E-state index contributed by atoms with van der Waals surface area (Å²) in [7, 11) is 1.73. The van der Waals surface area contributed by atoms with Crippen molar-refractivity contribution in [3.05, 3.63) is 29.8 Å². The SMILES string of the molecule is COc1ccccc1[C@H](CNC(=O)C[C@@H]1C[C@H]2CC[C@H]1C2)N1CCCC1. The smallest absolute Gasteiger partial charge is 0.220 e. The summed E-state index contributed by atoms with van der Waals surface area (Å²) >= 11 is 0. The highest BCUT2D eigenvalue weighted by atomic mass is 16.5. The van der Waals surface area contributed by atoms with E-state index >= 15 is 0 Å². The third-order valence-corrected chi connectivity index (χ3v) is 6.90. The molecule has 2 aliphatic carbocycles. The van der Waals surface area contributed by atoms with Crippen molar-refractivity contribution in [1.29, 1.82) is 0 Å². The van der Waals surface area contributed by atoms with E-state index in [1.165, 1.54) is 44.1 Å². The summed E-state index contributed by atoms with van der Waals surface area (Å²) in [4.78, 5) is 15.1. The largest absolute Gasteiger partial charge is 0.496 e. The quantitative estimate of drug-likeness (QED) is 0.808. The highest BCUT2D eigenvalue weighted by Gasteiger charge is 2.40. The van der Waals surface area contributed by atoms with Crippen LogP contribution in [0.1, 0.15) is 56.6 Å². The van der Waals surface area contributed by atoms with E-state index < -0.39 is 0 Å². The monoisotopic (exact) mass is 356 g/mol. The van der Waals surface area contributed by atoms with Crippen LogP contribution in [0.2, 0.25) is 0 Å². The molecular formula is C22H32N2O2. The Morgan fingerprint density at radius 2 is 2.04 bits per heavy atom. The molecule has 1 saturated heterocycles. The van der Waals surface area contributed by atoms with E-state index in [2.05, 4.69) is 22.3 Å². The lowest BCUT2D eigenvalue weighted by Crippen LogP contribution is -2.37. The average molecular weight is 357 g/mol. The number of fused-ring (bicyclic) bond motifs is 2. The number of para-hydroxylation sites is 1. The molecule has 2 saturated carbocycles. The van der Waals surface area contributed by atoms with Crippen molar-refractivity contribution in [3.63, 3.8) is 0 Å². The van der Waals surface area contributed by atoms with Gasteiger partial charge in [-0.25, -0.2) is 0 Å². The number of hydrogen-bond acceptors (Lipinski definition) is 3. The number of nitrogens with zero attached hydrogens (tertiary/aromatic N) is 1. The van der Waals surface area contributed by atoms with Crippen molar-refractivity contribution in [2.24, 2.45) is 17.8 Å². The lowest BCUT2D eigenvalue weighted by atomic mass is 9.86. The predicted molar refractivity (Wildman–Crippen MR) is 103 cm³/mol. The maximum atomic E-state index is 12.6. The molecule has 1 heterocycles. The second-order valence-electron chi connectivity index (χ2n) is 8.44. The minimum absolute atomic E-state index is 0.206. The van der Waals surface area contributed by atoms with Gasteiger partial charge in [0.1, 0.15) is 5.75 Å². The van der Waals surface area contributed by atoms with Gasteiger partial charge in [-0.2, -0.15) is 0 Å². The molecule has 0 radical (unpaired) electrons. The van der Waals surface area contributed by atoms with Gasteiger partial charge in [0.05, 0.1) is 13.2 Å². The van der Waals surface area contributed by atoms with Gasteiger partial charge < -0.3 is 10.1 Å². The molecule has 4 atom stereocenters. The predicted octanol–water partition coefficient (Wildman–Crippen LogP) is 3.77. The van der Waals surface area contributed by atoms with Crippen molar-refractivity contribution in [3.8, 4) is 5.75 Å². The number of nitrogens with one attached hydrogen (secondary N) is 1. The number of rotatable bonds is 7. The van der Waals surface area contributed by atoms with Crippen LogP contribution in [-0.2, 0) is 4.79 Å². The van der Waals surface area contributed by atoms with Crippen molar-refractivity contribution in [2.75, 3.05) is 26.7 Å². The zero-order valence-corrected chi connectivity index (χ0v) is 16.0. The molecule has 3 fully saturated rings. The van der Waals surface area contributed by atoms with E-state index in [9.17, 15) is 4.79 Å². The van der Waals surface area contributed by atoms with E-state index in [4.69, 9.17) is 4.74 Å². The zero-order valence-electron chi connectivity index (χ0n) is 16.0. The van der Waals surface area contributed by atoms with Crippen molar-refractivity contribution in [1.82, 2.24) is 10.2 Å². The van der Waals surface area contributed by atoms with Crippen LogP contribution in [0.25, 0.3) is 0 Å². The van der Waals surface area contributed by atoms with Gasteiger partial charge in [-0.05, 0) is 69.0 Å². The highest BCUT2D eigenvalue weighted by molar-refractivity contribution is 5.76. The van der Waals surface area contributed by atoms with Crippen LogP contribution in [0.3, 0.4) is 0 Å². The summed E-state index contributed by atoms with van der Waals surface area (Å²) < 4.78 is 5.59. The molecule has 1 aromatic carbocycles. The summed E-state index contributed by atoms with van der Waals surface area (Å²) in [6, 6.07) is 8.45. The molecule has 1 amide bonds. The van der Waals surface area contributed by atoms with Crippen LogP contribution in [0, 0.1) is 17.8 Å². The van der Waals surface area contributed by atoms with Gasteiger partial charge in [-0.15, -0.1) is 0 Å². The summed E-state index contributed by atoms with van der Waals surface area (Å²) in [6.45, 7) is 2.88. The molecule has 1 N–H and O–H groups in total. The number of methoxy groups -OCH3 is 1. The maximum absolute atomic E-state index is 12.6. The molecule has 0 aromatic heterocycles. The van der Waals surface area contributed by atoms with Gasteiger partial charge >= 0.3 is 0 Å². The van der Waals surface area contributed by atoms with Crippen LogP contribution >= 0.6 is 0 Å². The fourth-order valence-electron chi connectivity index (χ4n) is 5.58. The summed E-state index contributed by atoms with van der Waals surface area (Å²) in [5, 5.41) is 3.26. The van der Waals surface area contributed by atoms with Crippen LogP contribution in [0.5, 0.6) is 5.75 Å². The van der Waals surface area contributed by atoms with Gasteiger partial charge in [-0.3, -0.25) is 9.69 Å². The Labute approximate surface area is 157 Å². The molecule has 3 aliphatic rings. The minimum Gasteiger partial charge on any atom is -0.496 e. The van der Waals surface area contributed by atoms with E-state index in [0.29, 0.717) is 12.5 Å². The fourth-order valence-corrected chi connectivity index (χ4v) is 5.58. The molecule has 142 valence electrons. The Bertz CT molecular complexity index is 626. The molecular weight excluding hydrogens is 324 g/mol. The second-order valence-corrected chi connectivity index (χ2v) is 8.44. The second kappa shape index (κ2) is 7.99. The molecule has 4 rings (SSSR count). The Balaban J connectivity index is 1.39. The van der Waals surface area contributed by atoms with Gasteiger partial charge in [0.2, 0.25) is 5.91 Å². The minimum atomic E-state index is 0.206. The first kappa shape index (κ1) is 17.8. The first-order chi connectivity index (χ1) is 12.7. The number of amides is 1. The van der Waals surface area contributed by atoms with E-state index in [0.717, 1.165) is 37.1 Å². The average Bonchev–Trinajstić information content (AvgIpc) is 3.40. The van der Waals surface area contributed by atoms with Crippen LogP contribution in [0.15, 0.2) is 24.3 Å². The highest BCUT2D eigenvalue weighted by Crippen LogP contribution is 2.49. The Kier molecular flexibility index (Phi) is 5.49. The topological polar surface area (TPSA) is 41.6 Å². The maximum Gasteiger partial charge on any atom is 0.220 e. The van der Waals surface area contributed by atoms with Crippen LogP contribution in [-0.4, -0.2) is 37.6 Å². The van der Waals surface area contributed by atoms with Crippen molar-refractivity contribution >= 4 is 5.91 Å². The number of hydrogen-bond donors (Lipinski definition) is 1. The van der Waals surface area contributed by atoms with Crippen molar-refractivity contribution < 1.29 is 9.53 Å². The molecule has 1 aromatic rings. The van der Waals surface area contributed by atoms with Crippen molar-refractivity contribution in [2.45, 2.75) is 51.0 Å². The fraction of sp³-hybridized carbons (Fsp3) is 0.682. The van der Waals surface area contributed by atoms with E-state index in [1.807, 2.05) is 12.1 Å². The first-order valence-corrected chi connectivity index (χ1v) is 10.4. The lowest BCUT2D eigenvalue weighted by Gasteiger charge is -2.29. The molecule has 0 unspecified atom stereocenters. The third-order valence-electron chi connectivity index (χ3n) is 6.90. The summed E-state index contributed by atoms with van der Waals surface area (Å²) in [5.74, 6) is 3.51. The zero-order chi connectivity index (χ0) is 17.9. The number of ether oxygens (including phenoxy) is 1. The standard InChI is InChI=1S/C22H32N2O2/c1-26-21-7-3-2-6-19(21)20(24-10-4-5-11-24)15-23-22(25)14-18-13-16-8-9-17(18)12-16/h2-3,6-7,16-18,20H,4-5,8-15H2,1H3,(H,23,25)/t16-,17-,18-,20-/m0/s1. The number of benzene rings is 1. The molecule has 4 nitrogen and oxygen atoms in total. The van der Waals surface area contributed by atoms with Gasteiger partial charge in [0.25, 0.3) is 0 Å². The molecule has 2 bridgehead atoms. The molecule has 4 heteroatoms. The lowest BCUT2D eigenvalue weighted by molar-refractivity contribution is -0.122. The Morgan fingerprint density at radius 3 is 2.73 bits per heavy atom. The Morgan fingerprint density at radius 1 is 1.23 bits per heavy atom. The van der Waals surface area contributed by atoms with Gasteiger partial charge in [0.15, 0.2) is 0 Å². The third kappa shape index (κ3) is 3.75. The number of carbonyl (C=O) groups excluding carboxylic acids is 1. The number of carbonyl (C=O) groups is 1. The van der Waals surface area contributed by atoms with Crippen LogP contribution < -0.4 is 10.1 Å². The van der Waals surface area contributed by atoms with Crippen LogP contribution in [0.4, 0.5) is 0 Å². The molecule has 1 aliphatic heterocycles. The van der Waals surface area contributed by atoms with Gasteiger partial charge in [-0.1, -0.05) is 24.6 Å². The van der Waals surface area contributed by atoms with E-state index in [1.54, 1.807) is 7.11 Å². The normalized spacial score (nSPS) is 29.0. The summed E-state index contributed by atoms with van der Waals surface area (Å²) in [5.41, 5.74) is 1.19. The number of likely N-dealkylation sites (tertiary alicyclic amines) is 1. The molecule has 26 heavy (non-hydrogen) atoms.